The lowest BCUT2D eigenvalue weighted by atomic mass is 9.92. The minimum Gasteiger partial charge on any atom is -0.0616 e. The SMILES string of the molecule is C[Si+](C)c1ccccc1-c1ccc2c3ccc(Br)cc3c3ccccc3c2c1. The van der Waals surface area contributed by atoms with E-state index in [0.29, 0.717) is 0 Å². The van der Waals surface area contributed by atoms with Crippen molar-refractivity contribution in [3.8, 4) is 11.1 Å². The summed E-state index contributed by atoms with van der Waals surface area (Å²) in [5, 5.41) is 9.40. The summed E-state index contributed by atoms with van der Waals surface area (Å²) >= 11 is 3.65. The second kappa shape index (κ2) is 6.88. The Kier molecular flexibility index (Phi) is 4.34. The summed E-state index contributed by atoms with van der Waals surface area (Å²) < 4.78 is 1.12. The molecule has 0 N–H and O–H groups in total. The Balaban J connectivity index is 1.90. The van der Waals surface area contributed by atoms with Crippen molar-refractivity contribution in [2.75, 3.05) is 0 Å². The van der Waals surface area contributed by atoms with Gasteiger partial charge in [0, 0.05) is 10.0 Å². The Bertz CT molecular complexity index is 1330. The van der Waals surface area contributed by atoms with Crippen LogP contribution in [0, 0.1) is 0 Å². The van der Waals surface area contributed by atoms with Crippen molar-refractivity contribution in [1.82, 2.24) is 0 Å². The molecule has 0 spiro atoms. The van der Waals surface area contributed by atoms with Crippen LogP contribution in [-0.2, 0) is 0 Å². The molecule has 5 aromatic carbocycles. The third-order valence-corrected chi connectivity index (χ3v) is 7.58. The Morgan fingerprint density at radius 3 is 1.86 bits per heavy atom. The first-order valence-electron chi connectivity index (χ1n) is 9.57. The zero-order valence-corrected chi connectivity index (χ0v) is 18.5. The van der Waals surface area contributed by atoms with E-state index in [1.165, 1.54) is 48.6 Å². The van der Waals surface area contributed by atoms with Crippen molar-refractivity contribution in [2.24, 2.45) is 0 Å². The molecule has 0 unspecified atom stereocenters. The Labute approximate surface area is 175 Å². The zero-order chi connectivity index (χ0) is 19.3. The molecule has 0 aliphatic carbocycles. The molecule has 0 saturated heterocycles. The van der Waals surface area contributed by atoms with Crippen LogP contribution in [0.25, 0.3) is 43.4 Å². The fraction of sp³-hybridized carbons (Fsp3) is 0.0769. The van der Waals surface area contributed by atoms with Crippen LogP contribution in [0.1, 0.15) is 0 Å². The molecule has 0 amide bonds. The van der Waals surface area contributed by atoms with Crippen LogP contribution >= 0.6 is 15.9 Å². The summed E-state index contributed by atoms with van der Waals surface area (Å²) in [4.78, 5) is 0. The molecule has 28 heavy (non-hydrogen) atoms. The van der Waals surface area contributed by atoms with Crippen LogP contribution in [0.2, 0.25) is 13.1 Å². The molecular weight excluding hydrogens is 420 g/mol. The highest BCUT2D eigenvalue weighted by Gasteiger charge is 2.21. The minimum absolute atomic E-state index is 0.528. The summed E-state index contributed by atoms with van der Waals surface area (Å²) in [5.74, 6) is 0. The molecule has 0 nitrogen and oxygen atoms in total. The number of fused-ring (bicyclic) bond motifs is 6. The molecular formula is C26H20BrSi+. The van der Waals surface area contributed by atoms with E-state index in [4.69, 9.17) is 0 Å². The summed E-state index contributed by atoms with van der Waals surface area (Å²) in [5.41, 5.74) is 2.69. The number of hydrogen-bond acceptors (Lipinski definition) is 0. The standard InChI is InChI=1S/C26H20BrSi/c1-28(2)26-10-6-5-7-19(26)17-11-13-22-23-14-12-18(27)16-25(23)21-9-4-3-8-20(21)24(22)15-17/h3-16H,1-2H3/q+1. The highest BCUT2D eigenvalue weighted by atomic mass is 79.9. The first-order valence-corrected chi connectivity index (χ1v) is 12.9. The van der Waals surface area contributed by atoms with Gasteiger partial charge in [-0.2, -0.15) is 0 Å². The second-order valence-corrected chi connectivity index (χ2v) is 11.0. The van der Waals surface area contributed by atoms with E-state index in [0.717, 1.165) is 4.47 Å². The lowest BCUT2D eigenvalue weighted by Crippen LogP contribution is -2.24. The van der Waals surface area contributed by atoms with Crippen molar-refractivity contribution in [2.45, 2.75) is 13.1 Å². The van der Waals surface area contributed by atoms with Gasteiger partial charge >= 0.3 is 8.80 Å². The molecule has 0 heterocycles. The summed E-state index contributed by atoms with van der Waals surface area (Å²) in [6.07, 6.45) is 0. The van der Waals surface area contributed by atoms with E-state index in [1.807, 2.05) is 0 Å². The van der Waals surface area contributed by atoms with Gasteiger partial charge in [0.05, 0.1) is 13.1 Å². The first-order chi connectivity index (χ1) is 13.6. The van der Waals surface area contributed by atoms with Crippen molar-refractivity contribution in [3.05, 3.63) is 89.4 Å². The van der Waals surface area contributed by atoms with Gasteiger partial charge in [-0.1, -0.05) is 76.6 Å². The van der Waals surface area contributed by atoms with Crippen LogP contribution in [0.3, 0.4) is 0 Å². The smallest absolute Gasteiger partial charge is 0.0616 e. The van der Waals surface area contributed by atoms with E-state index >= 15 is 0 Å². The molecule has 0 bridgehead atoms. The lowest BCUT2D eigenvalue weighted by Gasteiger charge is -2.13. The topological polar surface area (TPSA) is 0 Å². The average Bonchev–Trinajstić information content (AvgIpc) is 2.73. The highest BCUT2D eigenvalue weighted by molar-refractivity contribution is 9.10. The van der Waals surface area contributed by atoms with Gasteiger partial charge in [0.15, 0.2) is 0 Å². The lowest BCUT2D eigenvalue weighted by molar-refractivity contribution is 1.67. The molecule has 0 radical (unpaired) electrons. The minimum atomic E-state index is -0.528. The van der Waals surface area contributed by atoms with Gasteiger partial charge in [0.1, 0.15) is 5.19 Å². The zero-order valence-electron chi connectivity index (χ0n) is 16.0. The Morgan fingerprint density at radius 2 is 1.14 bits per heavy atom. The molecule has 0 saturated carbocycles. The van der Waals surface area contributed by atoms with Crippen LogP contribution < -0.4 is 5.19 Å². The third-order valence-electron chi connectivity index (χ3n) is 5.58. The highest BCUT2D eigenvalue weighted by Crippen LogP contribution is 2.37. The van der Waals surface area contributed by atoms with Crippen LogP contribution in [0.5, 0.6) is 0 Å². The van der Waals surface area contributed by atoms with Gasteiger partial charge in [-0.3, -0.25) is 0 Å². The maximum atomic E-state index is 3.65. The normalized spacial score (nSPS) is 11.4. The fourth-order valence-corrected chi connectivity index (χ4v) is 5.82. The third kappa shape index (κ3) is 2.79. The Hall–Kier alpha value is -2.42. The van der Waals surface area contributed by atoms with Gasteiger partial charge in [-0.05, 0) is 62.1 Å². The molecule has 2 heteroatoms. The predicted molar refractivity (Wildman–Crippen MR) is 129 cm³/mol. The van der Waals surface area contributed by atoms with Gasteiger partial charge < -0.3 is 0 Å². The van der Waals surface area contributed by atoms with E-state index in [9.17, 15) is 0 Å². The van der Waals surface area contributed by atoms with Crippen molar-refractivity contribution in [3.63, 3.8) is 0 Å². The fourth-order valence-electron chi connectivity index (χ4n) is 4.27. The molecule has 0 atom stereocenters. The number of rotatable bonds is 2. The van der Waals surface area contributed by atoms with Crippen LogP contribution in [-0.4, -0.2) is 8.80 Å². The first kappa shape index (κ1) is 17.7. The maximum absolute atomic E-state index is 3.65. The molecule has 134 valence electrons. The van der Waals surface area contributed by atoms with Gasteiger partial charge in [0.25, 0.3) is 0 Å². The van der Waals surface area contributed by atoms with Crippen LogP contribution in [0.15, 0.2) is 89.4 Å². The number of halogens is 1. The molecule has 0 aromatic heterocycles. The number of hydrogen-bond donors (Lipinski definition) is 0. The maximum Gasteiger partial charge on any atom is 0.346 e. The van der Waals surface area contributed by atoms with E-state index in [2.05, 4.69) is 114 Å². The second-order valence-electron chi connectivity index (χ2n) is 7.54. The van der Waals surface area contributed by atoms with E-state index in [-0.39, 0.29) is 0 Å². The van der Waals surface area contributed by atoms with E-state index < -0.39 is 8.80 Å². The summed E-state index contributed by atoms with van der Waals surface area (Å²) in [6.45, 7) is 4.73. The largest absolute Gasteiger partial charge is 0.346 e. The van der Waals surface area contributed by atoms with Gasteiger partial charge in [-0.15, -0.1) is 0 Å². The molecule has 0 aliphatic heterocycles. The number of benzene rings is 5. The van der Waals surface area contributed by atoms with E-state index in [1.54, 1.807) is 0 Å². The van der Waals surface area contributed by atoms with Gasteiger partial charge in [0.2, 0.25) is 0 Å². The van der Waals surface area contributed by atoms with Gasteiger partial charge in [-0.25, -0.2) is 0 Å². The average molecular weight is 440 g/mol. The molecule has 5 aromatic rings. The van der Waals surface area contributed by atoms with Crippen molar-refractivity contribution in [1.29, 1.82) is 0 Å². The summed E-state index contributed by atoms with van der Waals surface area (Å²) in [7, 11) is -0.528. The molecule has 5 rings (SSSR count). The van der Waals surface area contributed by atoms with Crippen LogP contribution in [0.4, 0.5) is 0 Å². The molecule has 0 fully saturated rings. The predicted octanol–water partition coefficient (Wildman–Crippen LogP) is 7.54. The monoisotopic (exact) mass is 439 g/mol. The van der Waals surface area contributed by atoms with Crippen molar-refractivity contribution < 1.29 is 0 Å². The molecule has 0 aliphatic rings. The van der Waals surface area contributed by atoms with Crippen molar-refractivity contribution >= 4 is 62.2 Å². The quantitative estimate of drug-likeness (QED) is 0.197. The summed E-state index contributed by atoms with van der Waals surface area (Å²) in [6, 6.07) is 31.3. The Morgan fingerprint density at radius 1 is 0.571 bits per heavy atom.